The number of rotatable bonds is 6. The Morgan fingerprint density at radius 1 is 1.35 bits per heavy atom. The lowest BCUT2D eigenvalue weighted by atomic mass is 10.2. The fourth-order valence-electron chi connectivity index (χ4n) is 1.54. The van der Waals surface area contributed by atoms with Gasteiger partial charge in [0.25, 0.3) is 5.91 Å². The van der Waals surface area contributed by atoms with Gasteiger partial charge in [-0.3, -0.25) is 4.79 Å². The Hall–Kier alpha value is -1.65. The van der Waals surface area contributed by atoms with E-state index in [1.54, 1.807) is 12.1 Å². The van der Waals surface area contributed by atoms with Crippen LogP contribution in [0, 0.1) is 0 Å². The van der Waals surface area contributed by atoms with Gasteiger partial charge in [0.1, 0.15) is 5.82 Å². The van der Waals surface area contributed by atoms with Crippen molar-refractivity contribution in [3.8, 4) is 0 Å². The lowest BCUT2D eigenvalue weighted by molar-refractivity contribution is 0.0950. The quantitative estimate of drug-likeness (QED) is 0.790. The third-order valence-corrected chi connectivity index (χ3v) is 2.35. The standard InChI is InChI=1S/C12H20N4O/c1-4-6-9(3)14-11-8-7-10(15-16-11)12(17)13-5-2/h7-9H,4-6H2,1-3H3,(H,13,17)(H,14,16). The van der Waals surface area contributed by atoms with E-state index in [-0.39, 0.29) is 5.91 Å². The summed E-state index contributed by atoms with van der Waals surface area (Å²) in [5, 5.41) is 13.8. The molecule has 17 heavy (non-hydrogen) atoms. The highest BCUT2D eigenvalue weighted by atomic mass is 16.1. The summed E-state index contributed by atoms with van der Waals surface area (Å²) in [4.78, 5) is 11.4. The molecule has 5 heteroatoms. The van der Waals surface area contributed by atoms with E-state index in [2.05, 4.69) is 34.7 Å². The van der Waals surface area contributed by atoms with Gasteiger partial charge in [0.2, 0.25) is 0 Å². The summed E-state index contributed by atoms with van der Waals surface area (Å²) < 4.78 is 0. The predicted molar refractivity (Wildman–Crippen MR) is 68.0 cm³/mol. The second-order valence-corrected chi connectivity index (χ2v) is 4.00. The van der Waals surface area contributed by atoms with Crippen LogP contribution in [0.2, 0.25) is 0 Å². The number of amides is 1. The first-order valence-corrected chi connectivity index (χ1v) is 6.05. The van der Waals surface area contributed by atoms with E-state index in [9.17, 15) is 4.79 Å². The van der Waals surface area contributed by atoms with E-state index < -0.39 is 0 Å². The first-order chi connectivity index (χ1) is 8.17. The van der Waals surface area contributed by atoms with E-state index in [0.717, 1.165) is 12.8 Å². The lowest BCUT2D eigenvalue weighted by Gasteiger charge is -2.12. The van der Waals surface area contributed by atoms with Gasteiger partial charge in [-0.15, -0.1) is 10.2 Å². The Morgan fingerprint density at radius 2 is 2.12 bits per heavy atom. The van der Waals surface area contributed by atoms with Crippen LogP contribution in [0.1, 0.15) is 44.1 Å². The Bertz CT molecular complexity index is 350. The Kier molecular flexibility index (Phi) is 5.39. The van der Waals surface area contributed by atoms with Gasteiger partial charge in [-0.05, 0) is 32.4 Å². The lowest BCUT2D eigenvalue weighted by Crippen LogP contribution is -2.24. The molecule has 0 saturated carbocycles. The first-order valence-electron chi connectivity index (χ1n) is 6.05. The molecule has 1 unspecified atom stereocenters. The summed E-state index contributed by atoms with van der Waals surface area (Å²) in [7, 11) is 0. The summed E-state index contributed by atoms with van der Waals surface area (Å²) in [6.45, 7) is 6.70. The van der Waals surface area contributed by atoms with Crippen molar-refractivity contribution in [3.63, 3.8) is 0 Å². The summed E-state index contributed by atoms with van der Waals surface area (Å²) in [5.41, 5.74) is 0.348. The molecule has 1 atom stereocenters. The van der Waals surface area contributed by atoms with Gasteiger partial charge in [-0.25, -0.2) is 0 Å². The van der Waals surface area contributed by atoms with Crippen molar-refractivity contribution in [2.75, 3.05) is 11.9 Å². The zero-order chi connectivity index (χ0) is 12.7. The maximum atomic E-state index is 11.4. The maximum Gasteiger partial charge on any atom is 0.271 e. The monoisotopic (exact) mass is 236 g/mol. The van der Waals surface area contributed by atoms with Crippen molar-refractivity contribution in [1.82, 2.24) is 15.5 Å². The number of nitrogens with zero attached hydrogens (tertiary/aromatic N) is 2. The molecule has 1 aromatic rings. The zero-order valence-corrected chi connectivity index (χ0v) is 10.7. The largest absolute Gasteiger partial charge is 0.366 e. The smallest absolute Gasteiger partial charge is 0.271 e. The SMILES string of the molecule is CCCC(C)Nc1ccc(C(=O)NCC)nn1. The van der Waals surface area contributed by atoms with Crippen molar-refractivity contribution in [1.29, 1.82) is 0 Å². The highest BCUT2D eigenvalue weighted by Gasteiger charge is 2.07. The van der Waals surface area contributed by atoms with E-state index in [1.807, 2.05) is 6.92 Å². The topological polar surface area (TPSA) is 66.9 Å². The van der Waals surface area contributed by atoms with Gasteiger partial charge in [0, 0.05) is 12.6 Å². The molecule has 0 fully saturated rings. The fourth-order valence-corrected chi connectivity index (χ4v) is 1.54. The van der Waals surface area contributed by atoms with E-state index in [1.165, 1.54) is 0 Å². The number of anilines is 1. The molecule has 2 N–H and O–H groups in total. The average Bonchev–Trinajstić information content (AvgIpc) is 2.30. The number of hydrogen-bond donors (Lipinski definition) is 2. The van der Waals surface area contributed by atoms with Crippen molar-refractivity contribution in [2.24, 2.45) is 0 Å². The molecule has 1 aromatic heterocycles. The van der Waals surface area contributed by atoms with Crippen LogP contribution in [0.25, 0.3) is 0 Å². The van der Waals surface area contributed by atoms with Gasteiger partial charge in [0.15, 0.2) is 5.69 Å². The number of hydrogen-bond acceptors (Lipinski definition) is 4. The number of carbonyl (C=O) groups excluding carboxylic acids is 1. The molecule has 94 valence electrons. The van der Waals surface area contributed by atoms with Crippen molar-refractivity contribution in [2.45, 2.75) is 39.7 Å². The average molecular weight is 236 g/mol. The zero-order valence-electron chi connectivity index (χ0n) is 10.7. The summed E-state index contributed by atoms with van der Waals surface area (Å²) >= 11 is 0. The molecule has 1 amide bonds. The Morgan fingerprint density at radius 3 is 2.65 bits per heavy atom. The highest BCUT2D eigenvalue weighted by Crippen LogP contribution is 2.06. The molecule has 0 spiro atoms. The first kappa shape index (κ1) is 13.4. The Labute approximate surface area is 102 Å². The van der Waals surface area contributed by atoms with Crippen LogP contribution in [0.3, 0.4) is 0 Å². The van der Waals surface area contributed by atoms with Crippen LogP contribution in [0.5, 0.6) is 0 Å². The van der Waals surface area contributed by atoms with E-state index in [0.29, 0.717) is 24.1 Å². The second kappa shape index (κ2) is 6.83. The van der Waals surface area contributed by atoms with E-state index >= 15 is 0 Å². The molecule has 0 aromatic carbocycles. The molecule has 0 aliphatic rings. The molecule has 1 heterocycles. The third kappa shape index (κ3) is 4.38. The van der Waals surface area contributed by atoms with Gasteiger partial charge in [0.05, 0.1) is 0 Å². The molecule has 0 aliphatic carbocycles. The van der Waals surface area contributed by atoms with Crippen molar-refractivity contribution in [3.05, 3.63) is 17.8 Å². The van der Waals surface area contributed by atoms with Crippen LogP contribution in [0.4, 0.5) is 5.82 Å². The van der Waals surface area contributed by atoms with Crippen molar-refractivity contribution < 1.29 is 4.79 Å². The normalized spacial score (nSPS) is 11.9. The molecule has 0 aliphatic heterocycles. The number of carbonyl (C=O) groups is 1. The molecule has 0 radical (unpaired) electrons. The minimum Gasteiger partial charge on any atom is -0.366 e. The minimum atomic E-state index is -0.187. The molecular formula is C12H20N4O. The minimum absolute atomic E-state index is 0.187. The fraction of sp³-hybridized carbons (Fsp3) is 0.583. The van der Waals surface area contributed by atoms with E-state index in [4.69, 9.17) is 0 Å². The van der Waals surface area contributed by atoms with Crippen LogP contribution in [-0.2, 0) is 0 Å². The number of aromatic nitrogens is 2. The van der Waals surface area contributed by atoms with Gasteiger partial charge < -0.3 is 10.6 Å². The number of nitrogens with one attached hydrogen (secondary N) is 2. The van der Waals surface area contributed by atoms with Crippen LogP contribution >= 0.6 is 0 Å². The van der Waals surface area contributed by atoms with Gasteiger partial charge in [-0.1, -0.05) is 13.3 Å². The summed E-state index contributed by atoms with van der Waals surface area (Å²) in [6, 6.07) is 3.83. The predicted octanol–water partition coefficient (Wildman–Crippen LogP) is 1.83. The highest BCUT2D eigenvalue weighted by molar-refractivity contribution is 5.92. The van der Waals surface area contributed by atoms with Gasteiger partial charge >= 0.3 is 0 Å². The van der Waals surface area contributed by atoms with Crippen LogP contribution in [-0.4, -0.2) is 28.7 Å². The molecule has 0 bridgehead atoms. The molecular weight excluding hydrogens is 216 g/mol. The van der Waals surface area contributed by atoms with Crippen molar-refractivity contribution >= 4 is 11.7 Å². The molecule has 1 rings (SSSR count). The Balaban J connectivity index is 2.58. The van der Waals surface area contributed by atoms with Gasteiger partial charge in [-0.2, -0.15) is 0 Å². The maximum absolute atomic E-state index is 11.4. The molecule has 0 saturated heterocycles. The summed E-state index contributed by atoms with van der Waals surface area (Å²) in [6.07, 6.45) is 2.21. The third-order valence-electron chi connectivity index (χ3n) is 2.35. The van der Waals surface area contributed by atoms with Crippen LogP contribution < -0.4 is 10.6 Å². The summed E-state index contributed by atoms with van der Waals surface area (Å²) in [5.74, 6) is 0.521. The molecule has 5 nitrogen and oxygen atoms in total. The second-order valence-electron chi connectivity index (χ2n) is 4.00. The van der Waals surface area contributed by atoms with Crippen LogP contribution in [0.15, 0.2) is 12.1 Å².